The number of allylic oxidation sites excluding steroid dienone is 15. The van der Waals surface area contributed by atoms with Crippen LogP contribution in [-0.2, 0) is 42.9 Å². The molecular weight excluding hydrogens is 901 g/mol. The van der Waals surface area contributed by atoms with Crippen molar-refractivity contribution in [2.45, 2.75) is 237 Å². The molecule has 0 bridgehead atoms. The molecule has 6 atom stereocenters. The van der Waals surface area contributed by atoms with Crippen LogP contribution in [0.3, 0.4) is 0 Å². The Morgan fingerprint density at radius 1 is 0.493 bits per heavy atom. The molecule has 0 aromatic carbocycles. The van der Waals surface area contributed by atoms with Crippen molar-refractivity contribution >= 4 is 23.9 Å². The van der Waals surface area contributed by atoms with Crippen LogP contribution in [0, 0.1) is 0 Å². The molecule has 0 saturated carbocycles. The highest BCUT2D eigenvalue weighted by Gasteiger charge is 2.50. The second-order valence-corrected chi connectivity index (χ2v) is 18.1. The third kappa shape index (κ3) is 37.1. The van der Waals surface area contributed by atoms with Crippen molar-refractivity contribution in [1.29, 1.82) is 0 Å². The Morgan fingerprint density at radius 2 is 0.958 bits per heavy atom. The zero-order valence-electron chi connectivity index (χ0n) is 43.9. The van der Waals surface area contributed by atoms with Crippen LogP contribution in [0.1, 0.15) is 201 Å². The number of aliphatic carboxylic acids is 1. The zero-order valence-corrected chi connectivity index (χ0v) is 43.9. The third-order valence-corrected chi connectivity index (χ3v) is 11.6. The van der Waals surface area contributed by atoms with Gasteiger partial charge in [-0.2, -0.15) is 0 Å². The number of rotatable bonds is 44. The van der Waals surface area contributed by atoms with Crippen LogP contribution < -0.4 is 0 Å². The van der Waals surface area contributed by atoms with Gasteiger partial charge in [-0.25, -0.2) is 4.79 Å². The number of carbonyl (C=O) groups excluding carboxylic acids is 3. The van der Waals surface area contributed by atoms with Crippen LogP contribution in [0.4, 0.5) is 0 Å². The number of ether oxygens (including phenoxy) is 5. The van der Waals surface area contributed by atoms with E-state index in [0.29, 0.717) is 19.3 Å². The lowest BCUT2D eigenvalue weighted by atomic mass is 9.98. The van der Waals surface area contributed by atoms with Gasteiger partial charge in [-0.1, -0.05) is 182 Å². The predicted molar refractivity (Wildman–Crippen MR) is 284 cm³/mol. The maximum absolute atomic E-state index is 13.1. The fourth-order valence-corrected chi connectivity index (χ4v) is 7.47. The fourth-order valence-electron chi connectivity index (χ4n) is 7.47. The van der Waals surface area contributed by atoms with Crippen molar-refractivity contribution in [3.05, 3.63) is 97.2 Å². The average molecular weight is 995 g/mol. The molecule has 1 heterocycles. The first-order chi connectivity index (χ1) is 34.6. The molecule has 3 N–H and O–H groups in total. The number of hydrogen-bond acceptors (Lipinski definition) is 11. The summed E-state index contributed by atoms with van der Waals surface area (Å²) in [6.45, 7) is 5.66. The highest BCUT2D eigenvalue weighted by molar-refractivity contribution is 5.74. The number of unbranched alkanes of at least 4 members (excludes halogenated alkanes) is 15. The summed E-state index contributed by atoms with van der Waals surface area (Å²) in [5.41, 5.74) is 0. The normalized spacial score (nSPS) is 19.3. The van der Waals surface area contributed by atoms with E-state index in [-0.39, 0.29) is 25.9 Å². The number of carbonyl (C=O) groups is 4. The summed E-state index contributed by atoms with van der Waals surface area (Å²) in [4.78, 5) is 50.9. The molecule has 1 saturated heterocycles. The molecule has 1 fully saturated rings. The summed E-state index contributed by atoms with van der Waals surface area (Å²) in [5, 5.41) is 31.4. The highest BCUT2D eigenvalue weighted by atomic mass is 16.7. The topological polar surface area (TPSA) is 175 Å². The van der Waals surface area contributed by atoms with Crippen LogP contribution >= 0.6 is 0 Å². The lowest BCUT2D eigenvalue weighted by Gasteiger charge is -2.40. The van der Waals surface area contributed by atoms with Crippen molar-refractivity contribution in [3.8, 4) is 0 Å². The van der Waals surface area contributed by atoms with E-state index in [4.69, 9.17) is 23.7 Å². The molecule has 0 aliphatic carbocycles. The Bertz CT molecular complexity index is 1610. The Labute approximate surface area is 428 Å². The Morgan fingerprint density at radius 3 is 1.49 bits per heavy atom. The summed E-state index contributed by atoms with van der Waals surface area (Å²) in [6, 6.07) is 0. The Hall–Kier alpha value is -4.36. The SMILES string of the molecule is CC/C=C\C/C=C\C/C=C\C/C=C\C/C=C\CC(=O)OCC(COC1OC(C(=O)O)C(O)C(O)C1OC(=O)CCCCCCC/C=C\CCCCCC)OC(=O)CCCCCCC/C=C\C/C=C\CCC. The number of aliphatic hydroxyl groups is 2. The maximum atomic E-state index is 13.1. The summed E-state index contributed by atoms with van der Waals surface area (Å²) in [6.07, 6.45) is 48.4. The van der Waals surface area contributed by atoms with Gasteiger partial charge in [-0.3, -0.25) is 14.4 Å². The van der Waals surface area contributed by atoms with E-state index in [1.807, 2.05) is 12.2 Å². The zero-order chi connectivity index (χ0) is 51.8. The third-order valence-electron chi connectivity index (χ3n) is 11.6. The molecule has 0 radical (unpaired) electrons. The van der Waals surface area contributed by atoms with Crippen molar-refractivity contribution in [2.24, 2.45) is 0 Å². The van der Waals surface area contributed by atoms with E-state index < -0.39 is 67.3 Å². The standard InChI is InChI=1S/C59H94O12/c1-4-7-10-13-16-19-22-25-26-29-30-33-36-39-42-45-51(60)67-48-50(69-52(61)46-43-40-37-34-31-27-23-20-17-14-11-8-5-2)49-68-59-57(55(64)54(63)56(71-59)58(65)66)70-53(62)47-44-41-38-35-32-28-24-21-18-15-12-9-6-3/h7,10-11,14,16,19-21,23-26,30,33,39,42,50,54-57,59,63-64H,4-6,8-9,12-13,15,17-18,22,27-29,31-32,34-38,40-41,43-49H2,1-3H3,(H,65,66)/b10-7-,14-11-,19-16-,23-20-,24-21-,26-25-,33-30-,42-39-. The van der Waals surface area contributed by atoms with Gasteiger partial charge in [0, 0.05) is 12.8 Å². The van der Waals surface area contributed by atoms with Crippen molar-refractivity contribution in [1.82, 2.24) is 0 Å². The highest BCUT2D eigenvalue weighted by Crippen LogP contribution is 2.26. The molecule has 12 heteroatoms. The van der Waals surface area contributed by atoms with Crippen LogP contribution in [0.2, 0.25) is 0 Å². The van der Waals surface area contributed by atoms with Gasteiger partial charge in [0.25, 0.3) is 0 Å². The lowest BCUT2D eigenvalue weighted by molar-refractivity contribution is -0.301. The first-order valence-corrected chi connectivity index (χ1v) is 27.2. The first-order valence-electron chi connectivity index (χ1n) is 27.2. The fraction of sp³-hybridized carbons (Fsp3) is 0.661. The lowest BCUT2D eigenvalue weighted by Crippen LogP contribution is -2.61. The van der Waals surface area contributed by atoms with Gasteiger partial charge in [-0.05, 0) is 96.3 Å². The van der Waals surface area contributed by atoms with Crippen LogP contribution in [0.25, 0.3) is 0 Å². The predicted octanol–water partition coefficient (Wildman–Crippen LogP) is 13.3. The summed E-state index contributed by atoms with van der Waals surface area (Å²) in [7, 11) is 0. The number of hydrogen-bond donors (Lipinski definition) is 3. The molecule has 0 aromatic heterocycles. The van der Waals surface area contributed by atoms with Crippen molar-refractivity contribution in [3.63, 3.8) is 0 Å². The minimum atomic E-state index is -1.92. The van der Waals surface area contributed by atoms with Gasteiger partial charge in [-0.15, -0.1) is 0 Å². The number of carboxylic acid groups (broad SMARTS) is 1. The van der Waals surface area contributed by atoms with Crippen molar-refractivity contribution in [2.75, 3.05) is 13.2 Å². The summed E-state index contributed by atoms with van der Waals surface area (Å²) in [5.74, 6) is -3.33. The Balaban J connectivity index is 2.80. The monoisotopic (exact) mass is 995 g/mol. The van der Waals surface area contributed by atoms with Gasteiger partial charge in [0.05, 0.1) is 13.0 Å². The van der Waals surface area contributed by atoms with E-state index in [1.165, 1.54) is 25.7 Å². The molecule has 1 rings (SSSR count). The van der Waals surface area contributed by atoms with E-state index in [0.717, 1.165) is 116 Å². The molecule has 1 aliphatic heterocycles. The van der Waals surface area contributed by atoms with E-state index in [1.54, 1.807) is 6.08 Å². The quantitative estimate of drug-likeness (QED) is 0.0228. The molecule has 0 aromatic rings. The molecule has 1 aliphatic rings. The molecule has 402 valence electrons. The largest absolute Gasteiger partial charge is 0.479 e. The minimum absolute atomic E-state index is 0.0222. The molecule has 71 heavy (non-hydrogen) atoms. The van der Waals surface area contributed by atoms with Crippen LogP contribution in [0.15, 0.2) is 97.2 Å². The molecule has 12 nitrogen and oxygen atoms in total. The van der Waals surface area contributed by atoms with Crippen LogP contribution in [-0.4, -0.2) is 89.2 Å². The van der Waals surface area contributed by atoms with Gasteiger partial charge < -0.3 is 39.0 Å². The van der Waals surface area contributed by atoms with Gasteiger partial charge >= 0.3 is 23.9 Å². The summed E-state index contributed by atoms with van der Waals surface area (Å²) < 4.78 is 28.2. The van der Waals surface area contributed by atoms with Gasteiger partial charge in [0.1, 0.15) is 18.8 Å². The maximum Gasteiger partial charge on any atom is 0.335 e. The molecular formula is C59H94O12. The second kappa shape index (κ2) is 46.7. The minimum Gasteiger partial charge on any atom is -0.479 e. The first kappa shape index (κ1) is 64.7. The Kier molecular flexibility index (Phi) is 42.5. The summed E-state index contributed by atoms with van der Waals surface area (Å²) >= 11 is 0. The van der Waals surface area contributed by atoms with E-state index in [9.17, 15) is 34.5 Å². The smallest absolute Gasteiger partial charge is 0.335 e. The van der Waals surface area contributed by atoms with Gasteiger partial charge in [0.15, 0.2) is 24.6 Å². The average Bonchev–Trinajstić information content (AvgIpc) is 3.35. The molecule has 6 unspecified atom stereocenters. The van der Waals surface area contributed by atoms with E-state index in [2.05, 4.69) is 99.8 Å². The second-order valence-electron chi connectivity index (χ2n) is 18.1. The number of aliphatic hydroxyl groups excluding tert-OH is 2. The van der Waals surface area contributed by atoms with Crippen LogP contribution in [0.5, 0.6) is 0 Å². The number of esters is 3. The molecule has 0 spiro atoms. The van der Waals surface area contributed by atoms with Gasteiger partial charge in [0.2, 0.25) is 0 Å². The van der Waals surface area contributed by atoms with E-state index >= 15 is 0 Å². The molecule has 0 amide bonds. The number of carboxylic acids is 1. The van der Waals surface area contributed by atoms with Crippen molar-refractivity contribution < 1.29 is 58.2 Å².